The number of amides is 1. The molecule has 3 N–H and O–H groups in total. The van der Waals surface area contributed by atoms with E-state index in [0.717, 1.165) is 18.8 Å². The Kier molecular flexibility index (Phi) is 9.21. The van der Waals surface area contributed by atoms with Gasteiger partial charge < -0.3 is 25.5 Å². The number of hydrogen-bond donors (Lipinski definition) is 2. The largest absolute Gasteiger partial charge is 0.450 e. The van der Waals surface area contributed by atoms with E-state index in [-0.39, 0.29) is 36.7 Å². The molecule has 1 amide bonds. The van der Waals surface area contributed by atoms with Crippen LogP contribution in [0.2, 0.25) is 0 Å². The molecule has 1 aromatic rings. The van der Waals surface area contributed by atoms with Crippen LogP contribution in [0.3, 0.4) is 0 Å². The third-order valence-electron chi connectivity index (χ3n) is 3.44. The number of halogens is 2. The highest BCUT2D eigenvalue weighted by Crippen LogP contribution is 2.17. The van der Waals surface area contributed by atoms with E-state index in [1.54, 1.807) is 11.8 Å². The molecule has 1 fully saturated rings. The molecule has 0 spiro atoms. The van der Waals surface area contributed by atoms with Crippen LogP contribution in [0.1, 0.15) is 12.5 Å². The first-order valence-corrected chi connectivity index (χ1v) is 6.90. The van der Waals surface area contributed by atoms with Gasteiger partial charge >= 0.3 is 6.09 Å². The van der Waals surface area contributed by atoms with E-state index in [9.17, 15) is 4.79 Å². The van der Waals surface area contributed by atoms with Gasteiger partial charge in [0, 0.05) is 37.4 Å². The van der Waals surface area contributed by atoms with Gasteiger partial charge in [-0.15, -0.1) is 24.8 Å². The number of carbonyl (C=O) groups is 1. The third kappa shape index (κ3) is 5.37. The first kappa shape index (κ1) is 21.1. The SMILES string of the molecule is CCOC(=O)N1CCN(c2ccc(C(N)=NO)cc2)CC1.Cl.Cl. The minimum absolute atomic E-state index is 0. The standard InChI is InChI=1S/C14H20N4O3.2ClH/c1-2-21-14(19)18-9-7-17(8-10-18)12-5-3-11(4-6-12)13(15)16-20;;/h3-6,20H,2,7-10H2,1H3,(H2,15,16);2*1H. The fourth-order valence-corrected chi connectivity index (χ4v) is 2.26. The normalized spacial score (nSPS) is 14.6. The Balaban J connectivity index is 0.00000242. The quantitative estimate of drug-likeness (QED) is 0.370. The number of nitrogens with two attached hydrogens (primary N) is 1. The zero-order chi connectivity index (χ0) is 15.2. The monoisotopic (exact) mass is 364 g/mol. The second-order valence-corrected chi connectivity index (χ2v) is 4.71. The highest BCUT2D eigenvalue weighted by atomic mass is 35.5. The Morgan fingerprint density at radius 1 is 1.22 bits per heavy atom. The van der Waals surface area contributed by atoms with Gasteiger partial charge in [-0.05, 0) is 31.2 Å². The molecule has 1 aromatic carbocycles. The summed E-state index contributed by atoms with van der Waals surface area (Å²) in [7, 11) is 0. The van der Waals surface area contributed by atoms with E-state index in [1.807, 2.05) is 24.3 Å². The lowest BCUT2D eigenvalue weighted by Crippen LogP contribution is -2.49. The predicted octanol–water partition coefficient (Wildman–Crippen LogP) is 1.90. The summed E-state index contributed by atoms with van der Waals surface area (Å²) in [4.78, 5) is 15.5. The Morgan fingerprint density at radius 3 is 2.26 bits per heavy atom. The zero-order valence-corrected chi connectivity index (χ0v) is 14.5. The van der Waals surface area contributed by atoms with E-state index >= 15 is 0 Å². The molecule has 1 aliphatic rings. The highest BCUT2D eigenvalue weighted by Gasteiger charge is 2.21. The van der Waals surface area contributed by atoms with Crippen LogP contribution < -0.4 is 10.6 Å². The Hall–Kier alpha value is -1.86. The number of carbonyl (C=O) groups excluding carboxylic acids is 1. The summed E-state index contributed by atoms with van der Waals surface area (Å²) in [5, 5.41) is 11.6. The predicted molar refractivity (Wildman–Crippen MR) is 94.3 cm³/mol. The minimum Gasteiger partial charge on any atom is -0.450 e. The maximum Gasteiger partial charge on any atom is 0.409 e. The van der Waals surface area contributed by atoms with Crippen LogP contribution in [0.15, 0.2) is 29.4 Å². The van der Waals surface area contributed by atoms with Gasteiger partial charge in [0.2, 0.25) is 0 Å². The van der Waals surface area contributed by atoms with E-state index < -0.39 is 0 Å². The number of amidine groups is 1. The van der Waals surface area contributed by atoms with Crippen molar-refractivity contribution in [2.75, 3.05) is 37.7 Å². The van der Waals surface area contributed by atoms with E-state index in [4.69, 9.17) is 15.7 Å². The first-order valence-electron chi connectivity index (χ1n) is 6.90. The lowest BCUT2D eigenvalue weighted by Gasteiger charge is -2.35. The number of nitrogens with zero attached hydrogens (tertiary/aromatic N) is 3. The van der Waals surface area contributed by atoms with Gasteiger partial charge in [-0.25, -0.2) is 4.79 Å². The fraction of sp³-hybridized carbons (Fsp3) is 0.429. The molecule has 0 aliphatic carbocycles. The molecule has 2 rings (SSSR count). The van der Waals surface area contributed by atoms with Gasteiger partial charge in [0.1, 0.15) is 0 Å². The Morgan fingerprint density at radius 2 is 1.78 bits per heavy atom. The first-order chi connectivity index (χ1) is 10.2. The van der Waals surface area contributed by atoms with Crippen LogP contribution in [0.4, 0.5) is 10.5 Å². The molecule has 130 valence electrons. The summed E-state index contributed by atoms with van der Waals surface area (Å²) >= 11 is 0. The lowest BCUT2D eigenvalue weighted by atomic mass is 10.1. The molecule has 0 aromatic heterocycles. The summed E-state index contributed by atoms with van der Waals surface area (Å²) in [6.07, 6.45) is -0.251. The molecule has 9 heteroatoms. The summed E-state index contributed by atoms with van der Waals surface area (Å²) in [6.45, 7) is 4.98. The van der Waals surface area contributed by atoms with Crippen LogP contribution in [0.25, 0.3) is 0 Å². The molecular formula is C14H22Cl2N4O3. The van der Waals surface area contributed by atoms with Crippen molar-refractivity contribution in [2.45, 2.75) is 6.92 Å². The van der Waals surface area contributed by atoms with E-state index in [1.165, 1.54) is 0 Å². The second-order valence-electron chi connectivity index (χ2n) is 4.71. The van der Waals surface area contributed by atoms with Crippen molar-refractivity contribution in [3.63, 3.8) is 0 Å². The third-order valence-corrected chi connectivity index (χ3v) is 3.44. The number of benzene rings is 1. The summed E-state index contributed by atoms with van der Waals surface area (Å²) in [5.41, 5.74) is 7.25. The van der Waals surface area contributed by atoms with Crippen molar-refractivity contribution in [2.24, 2.45) is 10.9 Å². The second kappa shape index (κ2) is 10.0. The lowest BCUT2D eigenvalue weighted by molar-refractivity contribution is 0.105. The highest BCUT2D eigenvalue weighted by molar-refractivity contribution is 5.97. The maximum absolute atomic E-state index is 11.6. The summed E-state index contributed by atoms with van der Waals surface area (Å²) in [5.74, 6) is 0.0914. The molecule has 1 aliphatic heterocycles. The fourth-order valence-electron chi connectivity index (χ4n) is 2.26. The van der Waals surface area contributed by atoms with Crippen LogP contribution in [0.5, 0.6) is 0 Å². The van der Waals surface area contributed by atoms with Crippen molar-refractivity contribution in [3.05, 3.63) is 29.8 Å². The van der Waals surface area contributed by atoms with Gasteiger partial charge in [-0.2, -0.15) is 0 Å². The Labute approximate surface area is 147 Å². The van der Waals surface area contributed by atoms with Crippen molar-refractivity contribution >= 4 is 42.4 Å². The average molecular weight is 365 g/mol. The molecule has 0 radical (unpaired) electrons. The van der Waals surface area contributed by atoms with Gasteiger partial charge in [0.15, 0.2) is 5.84 Å². The van der Waals surface area contributed by atoms with Crippen molar-refractivity contribution in [1.29, 1.82) is 0 Å². The number of hydrogen-bond acceptors (Lipinski definition) is 5. The summed E-state index contributed by atoms with van der Waals surface area (Å²) in [6, 6.07) is 7.46. The molecule has 0 atom stereocenters. The number of oxime groups is 1. The van der Waals surface area contributed by atoms with Crippen molar-refractivity contribution in [1.82, 2.24) is 4.90 Å². The van der Waals surface area contributed by atoms with E-state index in [2.05, 4.69) is 10.1 Å². The molecular weight excluding hydrogens is 343 g/mol. The minimum atomic E-state index is -0.251. The molecule has 0 saturated carbocycles. The Bertz CT molecular complexity index is 517. The van der Waals surface area contributed by atoms with Crippen LogP contribution in [-0.4, -0.2) is 54.8 Å². The number of ether oxygens (including phenoxy) is 1. The maximum atomic E-state index is 11.6. The molecule has 1 saturated heterocycles. The molecule has 0 bridgehead atoms. The van der Waals surface area contributed by atoms with Crippen LogP contribution >= 0.6 is 24.8 Å². The topological polar surface area (TPSA) is 91.4 Å². The van der Waals surface area contributed by atoms with Gasteiger partial charge in [0.05, 0.1) is 6.61 Å². The van der Waals surface area contributed by atoms with Crippen molar-refractivity contribution in [3.8, 4) is 0 Å². The van der Waals surface area contributed by atoms with Crippen LogP contribution in [-0.2, 0) is 4.74 Å². The molecule has 23 heavy (non-hydrogen) atoms. The number of rotatable bonds is 3. The smallest absolute Gasteiger partial charge is 0.409 e. The van der Waals surface area contributed by atoms with Gasteiger partial charge in [-0.3, -0.25) is 0 Å². The summed E-state index contributed by atoms with van der Waals surface area (Å²) < 4.78 is 4.99. The molecule has 7 nitrogen and oxygen atoms in total. The van der Waals surface area contributed by atoms with Gasteiger partial charge in [0.25, 0.3) is 0 Å². The average Bonchev–Trinajstić information content (AvgIpc) is 2.54. The number of piperazine rings is 1. The zero-order valence-electron chi connectivity index (χ0n) is 12.8. The van der Waals surface area contributed by atoms with Crippen LogP contribution in [0, 0.1) is 0 Å². The molecule has 0 unspecified atom stereocenters. The number of anilines is 1. The molecule has 1 heterocycles. The van der Waals surface area contributed by atoms with E-state index in [0.29, 0.717) is 25.3 Å². The van der Waals surface area contributed by atoms with Gasteiger partial charge in [-0.1, -0.05) is 5.16 Å². The van der Waals surface area contributed by atoms with Crippen molar-refractivity contribution < 1.29 is 14.7 Å².